The molecule has 1 atom stereocenters. The van der Waals surface area contributed by atoms with Crippen LogP contribution in [0.4, 0.5) is 5.69 Å². The van der Waals surface area contributed by atoms with Gasteiger partial charge in [0.25, 0.3) is 0 Å². The Bertz CT molecular complexity index is 403. The minimum atomic E-state index is 0.553. The molecule has 98 valence electrons. The van der Waals surface area contributed by atoms with Gasteiger partial charge in [0, 0.05) is 37.4 Å². The van der Waals surface area contributed by atoms with Gasteiger partial charge in [0.2, 0.25) is 0 Å². The first-order valence-corrected chi connectivity index (χ1v) is 7.03. The molecule has 3 heteroatoms. The van der Waals surface area contributed by atoms with Gasteiger partial charge in [-0.3, -0.25) is 0 Å². The van der Waals surface area contributed by atoms with E-state index in [9.17, 15) is 0 Å². The summed E-state index contributed by atoms with van der Waals surface area (Å²) < 4.78 is 5.85. The van der Waals surface area contributed by atoms with Crippen molar-refractivity contribution in [3.8, 4) is 5.75 Å². The molecule has 1 saturated heterocycles. The largest absolute Gasteiger partial charge is 0.493 e. The third kappa shape index (κ3) is 2.78. The van der Waals surface area contributed by atoms with Gasteiger partial charge in [0.15, 0.2) is 0 Å². The quantitative estimate of drug-likeness (QED) is 0.882. The number of rotatable bonds is 4. The highest BCUT2D eigenvalue weighted by Gasteiger charge is 2.22. The molecule has 0 amide bonds. The highest BCUT2D eigenvalue weighted by Crippen LogP contribution is 2.30. The molecule has 1 heterocycles. The highest BCUT2D eigenvalue weighted by molar-refractivity contribution is 5.52. The summed E-state index contributed by atoms with van der Waals surface area (Å²) in [7, 11) is 0. The Balaban J connectivity index is 1.68. The van der Waals surface area contributed by atoms with Crippen LogP contribution in [0.5, 0.6) is 5.75 Å². The molecule has 3 rings (SSSR count). The molecule has 1 aliphatic carbocycles. The fourth-order valence-corrected chi connectivity index (χ4v) is 2.48. The molecule has 1 N–H and O–H groups in total. The van der Waals surface area contributed by atoms with Crippen molar-refractivity contribution < 1.29 is 4.74 Å². The van der Waals surface area contributed by atoms with Crippen molar-refractivity contribution >= 4 is 5.69 Å². The van der Waals surface area contributed by atoms with E-state index in [1.54, 1.807) is 0 Å². The molecular formula is C15H22N2O. The number of ether oxygens (including phenoxy) is 1. The molecule has 18 heavy (non-hydrogen) atoms. The summed E-state index contributed by atoms with van der Waals surface area (Å²) in [6.45, 7) is 6.36. The average Bonchev–Trinajstić information content (AvgIpc) is 3.21. The van der Waals surface area contributed by atoms with Crippen LogP contribution in [0, 0.1) is 5.92 Å². The molecule has 3 nitrogen and oxygen atoms in total. The number of nitrogens with one attached hydrogen (secondary N) is 1. The monoisotopic (exact) mass is 246 g/mol. The maximum Gasteiger partial charge on any atom is 0.121 e. The van der Waals surface area contributed by atoms with E-state index >= 15 is 0 Å². The average molecular weight is 246 g/mol. The highest BCUT2D eigenvalue weighted by atomic mass is 16.5. The molecule has 2 fully saturated rings. The summed E-state index contributed by atoms with van der Waals surface area (Å²) in [5.41, 5.74) is 1.29. The Labute approximate surface area is 109 Å². The number of benzene rings is 1. The van der Waals surface area contributed by atoms with Crippen LogP contribution in [-0.2, 0) is 0 Å². The first-order valence-electron chi connectivity index (χ1n) is 7.03. The Kier molecular flexibility index (Phi) is 3.41. The minimum absolute atomic E-state index is 0.553. The molecule has 1 saturated carbocycles. The summed E-state index contributed by atoms with van der Waals surface area (Å²) in [6.07, 6.45) is 2.68. The van der Waals surface area contributed by atoms with Crippen molar-refractivity contribution in [2.45, 2.75) is 25.8 Å². The van der Waals surface area contributed by atoms with Crippen LogP contribution in [0.25, 0.3) is 0 Å². The summed E-state index contributed by atoms with van der Waals surface area (Å²) >= 11 is 0. The normalized spacial score (nSPS) is 24.1. The van der Waals surface area contributed by atoms with E-state index < -0.39 is 0 Å². The molecule has 0 radical (unpaired) electrons. The second kappa shape index (κ2) is 5.19. The number of hydrogen-bond acceptors (Lipinski definition) is 3. The molecule has 0 spiro atoms. The van der Waals surface area contributed by atoms with Crippen LogP contribution in [0.2, 0.25) is 0 Å². The third-order valence-corrected chi connectivity index (χ3v) is 3.83. The van der Waals surface area contributed by atoms with Crippen molar-refractivity contribution in [1.82, 2.24) is 5.32 Å². The molecule has 1 aromatic rings. The zero-order valence-corrected chi connectivity index (χ0v) is 11.1. The molecule has 0 bridgehead atoms. The van der Waals surface area contributed by atoms with Crippen LogP contribution in [0.15, 0.2) is 24.3 Å². The second-order valence-corrected chi connectivity index (χ2v) is 5.50. The van der Waals surface area contributed by atoms with Crippen LogP contribution < -0.4 is 15.0 Å². The molecular weight excluding hydrogens is 224 g/mol. The maximum atomic E-state index is 5.85. The van der Waals surface area contributed by atoms with Crippen LogP contribution in [-0.4, -0.2) is 32.3 Å². The first kappa shape index (κ1) is 11.8. The lowest BCUT2D eigenvalue weighted by Crippen LogP contribution is -2.49. The van der Waals surface area contributed by atoms with E-state index in [2.05, 4.69) is 41.4 Å². The van der Waals surface area contributed by atoms with Crippen LogP contribution in [0.1, 0.15) is 19.8 Å². The van der Waals surface area contributed by atoms with Crippen molar-refractivity contribution in [2.75, 3.05) is 31.1 Å². The lowest BCUT2D eigenvalue weighted by Gasteiger charge is -2.36. The van der Waals surface area contributed by atoms with Gasteiger partial charge in [-0.1, -0.05) is 6.07 Å². The summed E-state index contributed by atoms with van der Waals surface area (Å²) in [5, 5.41) is 3.42. The van der Waals surface area contributed by atoms with E-state index in [0.29, 0.717) is 6.04 Å². The smallest absolute Gasteiger partial charge is 0.121 e. The Morgan fingerprint density at radius 1 is 1.39 bits per heavy atom. The zero-order valence-electron chi connectivity index (χ0n) is 11.1. The summed E-state index contributed by atoms with van der Waals surface area (Å²) in [6, 6.07) is 9.10. The van der Waals surface area contributed by atoms with Crippen LogP contribution >= 0.6 is 0 Å². The van der Waals surface area contributed by atoms with E-state index in [-0.39, 0.29) is 0 Å². The van der Waals surface area contributed by atoms with Crippen molar-refractivity contribution in [2.24, 2.45) is 5.92 Å². The molecule has 1 aromatic carbocycles. The number of piperazine rings is 1. The molecule has 0 aromatic heterocycles. The Hall–Kier alpha value is -1.22. The minimum Gasteiger partial charge on any atom is -0.493 e. The van der Waals surface area contributed by atoms with Gasteiger partial charge >= 0.3 is 0 Å². The fourth-order valence-electron chi connectivity index (χ4n) is 2.48. The van der Waals surface area contributed by atoms with E-state index in [1.807, 2.05) is 0 Å². The third-order valence-electron chi connectivity index (χ3n) is 3.83. The second-order valence-electron chi connectivity index (χ2n) is 5.50. The van der Waals surface area contributed by atoms with Gasteiger partial charge in [-0.25, -0.2) is 0 Å². The topological polar surface area (TPSA) is 24.5 Å². The lowest BCUT2D eigenvalue weighted by atomic mass is 10.1. The van der Waals surface area contributed by atoms with Gasteiger partial charge in [-0.05, 0) is 37.8 Å². The summed E-state index contributed by atoms with van der Waals surface area (Å²) in [4.78, 5) is 2.46. The zero-order chi connectivity index (χ0) is 12.4. The van der Waals surface area contributed by atoms with E-state index in [4.69, 9.17) is 4.74 Å². The SMILES string of the molecule is CC1CNCCN1c1cccc(OCC2CC2)c1. The van der Waals surface area contributed by atoms with Crippen molar-refractivity contribution in [3.63, 3.8) is 0 Å². The van der Waals surface area contributed by atoms with E-state index in [1.165, 1.54) is 18.5 Å². The predicted octanol–water partition coefficient (Wildman–Crippen LogP) is 2.27. The van der Waals surface area contributed by atoms with Gasteiger partial charge in [0.1, 0.15) is 5.75 Å². The maximum absolute atomic E-state index is 5.85. The molecule has 1 unspecified atom stereocenters. The van der Waals surface area contributed by atoms with Gasteiger partial charge in [0.05, 0.1) is 6.61 Å². The Morgan fingerprint density at radius 3 is 3.06 bits per heavy atom. The van der Waals surface area contributed by atoms with Crippen LogP contribution in [0.3, 0.4) is 0 Å². The van der Waals surface area contributed by atoms with Crippen molar-refractivity contribution in [3.05, 3.63) is 24.3 Å². The van der Waals surface area contributed by atoms with Gasteiger partial charge < -0.3 is 15.0 Å². The number of hydrogen-bond donors (Lipinski definition) is 1. The lowest BCUT2D eigenvalue weighted by molar-refractivity contribution is 0.299. The number of nitrogens with zero attached hydrogens (tertiary/aromatic N) is 1. The van der Waals surface area contributed by atoms with Gasteiger partial charge in [-0.2, -0.15) is 0 Å². The molecule has 2 aliphatic rings. The predicted molar refractivity (Wildman–Crippen MR) is 74.3 cm³/mol. The van der Waals surface area contributed by atoms with Crippen molar-refractivity contribution in [1.29, 1.82) is 0 Å². The molecule has 1 aliphatic heterocycles. The van der Waals surface area contributed by atoms with Gasteiger partial charge in [-0.15, -0.1) is 0 Å². The number of anilines is 1. The van der Waals surface area contributed by atoms with E-state index in [0.717, 1.165) is 37.9 Å². The Morgan fingerprint density at radius 2 is 2.28 bits per heavy atom. The summed E-state index contributed by atoms with van der Waals surface area (Å²) in [5.74, 6) is 1.83. The standard InChI is InChI=1S/C15H22N2O/c1-12-10-16-7-8-17(12)14-3-2-4-15(9-14)18-11-13-5-6-13/h2-4,9,12-13,16H,5-8,10-11H2,1H3. The fraction of sp³-hybridized carbons (Fsp3) is 0.600. The first-order chi connectivity index (χ1) is 8.83.